The van der Waals surface area contributed by atoms with Crippen molar-refractivity contribution in [3.63, 3.8) is 0 Å². The van der Waals surface area contributed by atoms with Crippen LogP contribution in [0.3, 0.4) is 0 Å². The zero-order valence-electron chi connectivity index (χ0n) is 16.8. The highest BCUT2D eigenvalue weighted by Crippen LogP contribution is 2.27. The maximum Gasteiger partial charge on any atom is 0.269 e. The van der Waals surface area contributed by atoms with Gasteiger partial charge in [0.15, 0.2) is 11.5 Å². The maximum absolute atomic E-state index is 12.2. The van der Waals surface area contributed by atoms with Crippen LogP contribution in [0.5, 0.6) is 11.5 Å². The fourth-order valence-electron chi connectivity index (χ4n) is 2.50. The number of carbonyl (C=O) groups is 3. The summed E-state index contributed by atoms with van der Waals surface area (Å²) in [7, 11) is 1.48. The van der Waals surface area contributed by atoms with Gasteiger partial charge in [0.05, 0.1) is 13.7 Å². The van der Waals surface area contributed by atoms with Gasteiger partial charge in [0.2, 0.25) is 5.91 Å². The molecule has 160 valence electrons. The minimum Gasteiger partial charge on any atom is -0.493 e. The second kappa shape index (κ2) is 11.7. The number of rotatable bonds is 9. The van der Waals surface area contributed by atoms with E-state index >= 15 is 0 Å². The van der Waals surface area contributed by atoms with Crippen LogP contribution in [0.4, 0.5) is 0 Å². The Kier molecular flexibility index (Phi) is 8.96. The molecule has 3 amide bonds. The number of halogens is 1. The van der Waals surface area contributed by atoms with Gasteiger partial charge < -0.3 is 14.8 Å². The number of hydrogen-bond acceptors (Lipinski definition) is 5. The summed E-state index contributed by atoms with van der Waals surface area (Å²) in [5.74, 6) is -0.152. The van der Waals surface area contributed by atoms with Crippen molar-refractivity contribution in [2.24, 2.45) is 0 Å². The molecule has 30 heavy (non-hydrogen) atoms. The second-order valence-corrected chi connectivity index (χ2v) is 6.60. The fourth-order valence-corrected chi connectivity index (χ4v) is 2.62. The zero-order chi connectivity index (χ0) is 21.9. The van der Waals surface area contributed by atoms with Crippen LogP contribution in [0.25, 0.3) is 0 Å². The van der Waals surface area contributed by atoms with Gasteiger partial charge in [-0.15, -0.1) is 0 Å². The maximum atomic E-state index is 12.2. The lowest BCUT2D eigenvalue weighted by atomic mass is 10.2. The lowest BCUT2D eigenvalue weighted by Gasteiger charge is -2.11. The molecule has 2 rings (SSSR count). The first-order valence-electron chi connectivity index (χ1n) is 9.38. The molecule has 0 unspecified atom stereocenters. The molecule has 0 aliphatic rings. The minimum absolute atomic E-state index is 0.133. The van der Waals surface area contributed by atoms with E-state index in [4.69, 9.17) is 21.1 Å². The SMILES string of the molecule is CCOc1ccc(C(=O)NNC(=O)CCCNC(=O)c2ccc(Cl)cc2)cc1OC. The molecule has 0 aromatic heterocycles. The Balaban J connectivity index is 1.72. The molecule has 2 aromatic rings. The molecule has 0 aliphatic carbocycles. The van der Waals surface area contributed by atoms with Crippen LogP contribution in [0.15, 0.2) is 42.5 Å². The number of nitrogens with one attached hydrogen (secondary N) is 3. The predicted molar refractivity (Wildman–Crippen MR) is 113 cm³/mol. The van der Waals surface area contributed by atoms with Crippen LogP contribution in [0, 0.1) is 0 Å². The van der Waals surface area contributed by atoms with Crippen LogP contribution in [-0.2, 0) is 4.79 Å². The van der Waals surface area contributed by atoms with Gasteiger partial charge in [-0.05, 0) is 55.8 Å². The summed E-state index contributed by atoms with van der Waals surface area (Å²) in [5.41, 5.74) is 5.49. The van der Waals surface area contributed by atoms with Gasteiger partial charge >= 0.3 is 0 Å². The number of hydrazine groups is 1. The molecular formula is C21H24ClN3O5. The molecule has 0 aliphatic heterocycles. The van der Waals surface area contributed by atoms with Crippen LogP contribution in [-0.4, -0.2) is 38.0 Å². The standard InChI is InChI=1S/C21H24ClN3O5/c1-3-30-17-11-8-15(13-18(17)29-2)21(28)25-24-19(26)5-4-12-23-20(27)14-6-9-16(22)10-7-14/h6-11,13H,3-5,12H2,1-2H3,(H,23,27)(H,24,26)(H,25,28). The Morgan fingerprint density at radius 3 is 2.30 bits per heavy atom. The summed E-state index contributed by atoms with van der Waals surface area (Å²) < 4.78 is 10.6. The molecular weight excluding hydrogens is 410 g/mol. The number of ether oxygens (including phenoxy) is 2. The third-order valence-corrected chi connectivity index (χ3v) is 4.27. The molecule has 2 aromatic carbocycles. The normalized spacial score (nSPS) is 10.1. The van der Waals surface area contributed by atoms with Crippen molar-refractivity contribution >= 4 is 29.3 Å². The van der Waals surface area contributed by atoms with Gasteiger partial charge in [-0.2, -0.15) is 0 Å². The zero-order valence-corrected chi connectivity index (χ0v) is 17.5. The second-order valence-electron chi connectivity index (χ2n) is 6.17. The summed E-state index contributed by atoms with van der Waals surface area (Å²) in [6, 6.07) is 11.2. The van der Waals surface area contributed by atoms with Gasteiger partial charge in [0, 0.05) is 29.1 Å². The van der Waals surface area contributed by atoms with E-state index in [1.54, 1.807) is 36.4 Å². The summed E-state index contributed by atoms with van der Waals surface area (Å²) in [6.45, 7) is 2.63. The molecule has 0 bridgehead atoms. The predicted octanol–water partition coefficient (Wildman–Crippen LogP) is 2.72. The van der Waals surface area contributed by atoms with Gasteiger partial charge in [-0.1, -0.05) is 11.6 Å². The molecule has 0 radical (unpaired) electrons. The highest BCUT2D eigenvalue weighted by atomic mass is 35.5. The third-order valence-electron chi connectivity index (χ3n) is 4.01. The number of benzene rings is 2. The van der Waals surface area contributed by atoms with E-state index in [-0.39, 0.29) is 18.2 Å². The van der Waals surface area contributed by atoms with Gasteiger partial charge in [-0.3, -0.25) is 25.2 Å². The topological polar surface area (TPSA) is 106 Å². The number of amides is 3. The quantitative estimate of drug-likeness (QED) is 0.416. The Hall–Kier alpha value is -3.26. The fraction of sp³-hybridized carbons (Fsp3) is 0.286. The van der Waals surface area contributed by atoms with E-state index in [1.165, 1.54) is 13.2 Å². The highest BCUT2D eigenvalue weighted by molar-refractivity contribution is 6.30. The summed E-state index contributed by atoms with van der Waals surface area (Å²) in [4.78, 5) is 36.1. The van der Waals surface area contributed by atoms with Crippen molar-refractivity contribution in [1.82, 2.24) is 16.2 Å². The minimum atomic E-state index is -0.485. The molecule has 8 nitrogen and oxygen atoms in total. The Morgan fingerprint density at radius 1 is 0.933 bits per heavy atom. The van der Waals surface area contributed by atoms with Crippen molar-refractivity contribution in [3.05, 3.63) is 58.6 Å². The Bertz CT molecular complexity index is 887. The van der Waals surface area contributed by atoms with Crippen molar-refractivity contribution < 1.29 is 23.9 Å². The van der Waals surface area contributed by atoms with E-state index in [1.807, 2.05) is 6.92 Å². The van der Waals surface area contributed by atoms with Crippen molar-refractivity contribution in [3.8, 4) is 11.5 Å². The van der Waals surface area contributed by atoms with E-state index < -0.39 is 5.91 Å². The average molecular weight is 434 g/mol. The lowest BCUT2D eigenvalue weighted by Crippen LogP contribution is -2.41. The molecule has 0 fully saturated rings. The largest absolute Gasteiger partial charge is 0.493 e. The smallest absolute Gasteiger partial charge is 0.269 e. The highest BCUT2D eigenvalue weighted by Gasteiger charge is 2.12. The molecule has 0 saturated carbocycles. The van der Waals surface area contributed by atoms with E-state index in [9.17, 15) is 14.4 Å². The first kappa shape index (κ1) is 23.0. The molecule has 3 N–H and O–H groups in total. The van der Waals surface area contributed by atoms with E-state index in [0.717, 1.165) is 0 Å². The monoisotopic (exact) mass is 433 g/mol. The Labute approximate surface area is 179 Å². The molecule has 0 spiro atoms. The van der Waals surface area contributed by atoms with Crippen LogP contribution in [0.1, 0.15) is 40.5 Å². The van der Waals surface area contributed by atoms with Crippen LogP contribution < -0.4 is 25.6 Å². The van der Waals surface area contributed by atoms with Crippen LogP contribution in [0.2, 0.25) is 5.02 Å². The lowest BCUT2D eigenvalue weighted by molar-refractivity contribution is -0.121. The van der Waals surface area contributed by atoms with Crippen molar-refractivity contribution in [2.75, 3.05) is 20.3 Å². The van der Waals surface area contributed by atoms with Crippen molar-refractivity contribution in [2.45, 2.75) is 19.8 Å². The Morgan fingerprint density at radius 2 is 1.63 bits per heavy atom. The number of carbonyl (C=O) groups excluding carboxylic acids is 3. The van der Waals surface area contributed by atoms with Gasteiger partial charge in [0.1, 0.15) is 0 Å². The molecule has 0 heterocycles. The third kappa shape index (κ3) is 6.97. The summed E-state index contributed by atoms with van der Waals surface area (Å²) >= 11 is 5.79. The van der Waals surface area contributed by atoms with Gasteiger partial charge in [-0.25, -0.2) is 0 Å². The van der Waals surface area contributed by atoms with Gasteiger partial charge in [0.25, 0.3) is 11.8 Å². The number of methoxy groups -OCH3 is 1. The molecule has 0 saturated heterocycles. The first-order valence-corrected chi connectivity index (χ1v) is 9.76. The summed E-state index contributed by atoms with van der Waals surface area (Å²) in [5, 5.41) is 3.27. The van der Waals surface area contributed by atoms with Crippen LogP contribution >= 0.6 is 11.6 Å². The van der Waals surface area contributed by atoms with E-state index in [0.29, 0.717) is 47.2 Å². The first-order chi connectivity index (χ1) is 14.4. The molecule has 9 heteroatoms. The van der Waals surface area contributed by atoms with Crippen molar-refractivity contribution in [1.29, 1.82) is 0 Å². The summed E-state index contributed by atoms with van der Waals surface area (Å²) in [6.07, 6.45) is 0.547. The number of hydrogen-bond donors (Lipinski definition) is 3. The molecule has 0 atom stereocenters. The average Bonchev–Trinajstić information content (AvgIpc) is 2.75. The van der Waals surface area contributed by atoms with E-state index in [2.05, 4.69) is 16.2 Å².